The maximum atomic E-state index is 11.5. The van der Waals surface area contributed by atoms with Crippen molar-refractivity contribution < 1.29 is 13.2 Å². The molecule has 6 nitrogen and oxygen atoms in total. The third kappa shape index (κ3) is 5.40. The Balaban J connectivity index is 1.55. The number of allylic oxidation sites excluding steroid dienone is 2. The van der Waals surface area contributed by atoms with Crippen molar-refractivity contribution >= 4 is 26.7 Å². The lowest BCUT2D eigenvalue weighted by Gasteiger charge is -2.28. The minimum atomic E-state index is -2.97. The van der Waals surface area contributed by atoms with Gasteiger partial charge in [0.15, 0.2) is 0 Å². The number of nitrogens with two attached hydrogens (primary N) is 1. The third-order valence-corrected chi connectivity index (χ3v) is 8.33. The number of ether oxygens (including phenoxy) is 1. The van der Waals surface area contributed by atoms with Gasteiger partial charge in [0.25, 0.3) is 0 Å². The van der Waals surface area contributed by atoms with Gasteiger partial charge in [0.05, 0.1) is 22.8 Å². The Kier molecular flexibility index (Phi) is 7.09. The van der Waals surface area contributed by atoms with E-state index in [9.17, 15) is 8.42 Å². The number of nitrogens with one attached hydrogen (secondary N) is 1. The van der Waals surface area contributed by atoms with Gasteiger partial charge in [0.2, 0.25) is 0 Å². The van der Waals surface area contributed by atoms with Gasteiger partial charge in [-0.25, -0.2) is 13.4 Å². The van der Waals surface area contributed by atoms with E-state index in [2.05, 4.69) is 36.5 Å². The van der Waals surface area contributed by atoms with E-state index >= 15 is 0 Å². The number of hydrogen-bond donors (Lipinski definition) is 2. The zero-order valence-corrected chi connectivity index (χ0v) is 21.3. The normalized spacial score (nSPS) is 22.8. The van der Waals surface area contributed by atoms with Gasteiger partial charge in [-0.05, 0) is 55.0 Å². The molecule has 178 valence electrons. The van der Waals surface area contributed by atoms with Gasteiger partial charge in [0.1, 0.15) is 20.6 Å². The molecule has 0 radical (unpaired) electrons. The Hall–Kier alpha value is -2.00. The molecule has 2 aromatic rings. The van der Waals surface area contributed by atoms with Crippen molar-refractivity contribution in [1.29, 1.82) is 0 Å². The molecule has 1 heterocycles. The van der Waals surface area contributed by atoms with Crippen molar-refractivity contribution in [2.24, 2.45) is 11.7 Å². The van der Waals surface area contributed by atoms with Gasteiger partial charge >= 0.3 is 0 Å². The van der Waals surface area contributed by atoms with Crippen molar-refractivity contribution in [2.45, 2.75) is 51.8 Å². The zero-order chi connectivity index (χ0) is 23.8. The van der Waals surface area contributed by atoms with E-state index in [1.165, 1.54) is 22.9 Å². The summed E-state index contributed by atoms with van der Waals surface area (Å²) in [4.78, 5) is 5.90. The first-order valence-corrected chi connectivity index (χ1v) is 14.3. The quantitative estimate of drug-likeness (QED) is 0.582. The van der Waals surface area contributed by atoms with Crippen molar-refractivity contribution in [3.63, 3.8) is 0 Å². The minimum absolute atomic E-state index is 0.0979. The smallest absolute Gasteiger partial charge is 0.148 e. The van der Waals surface area contributed by atoms with Gasteiger partial charge in [-0.15, -0.1) is 11.3 Å². The number of thiazole rings is 1. The Morgan fingerprint density at radius 1 is 1.30 bits per heavy atom. The molecule has 2 aliphatic rings. The van der Waals surface area contributed by atoms with E-state index in [4.69, 9.17) is 15.5 Å². The molecule has 2 aliphatic carbocycles. The fourth-order valence-corrected chi connectivity index (χ4v) is 6.16. The number of fused-ring (bicyclic) bond motifs is 1. The van der Waals surface area contributed by atoms with Crippen LogP contribution in [0.25, 0.3) is 16.0 Å². The second-order valence-electron chi connectivity index (χ2n) is 9.25. The SMILES string of the molecule is CC(C)OC1=CC=C(c2ncc(-c3cccc4c3CC[C@@H]4NCCS(C)(=O)=O)s2)C(C)C1N. The molecule has 8 heteroatoms. The molecule has 4 rings (SSSR count). The average Bonchev–Trinajstić information content (AvgIpc) is 3.38. The minimum Gasteiger partial charge on any atom is -0.494 e. The molecule has 0 spiro atoms. The summed E-state index contributed by atoms with van der Waals surface area (Å²) in [6, 6.07) is 6.41. The second-order valence-corrected chi connectivity index (χ2v) is 12.5. The summed E-state index contributed by atoms with van der Waals surface area (Å²) >= 11 is 1.70. The molecule has 0 fully saturated rings. The molecular formula is C25H33N3O3S2. The lowest BCUT2D eigenvalue weighted by atomic mass is 9.88. The molecule has 1 aromatic carbocycles. The summed E-state index contributed by atoms with van der Waals surface area (Å²) < 4.78 is 28.8. The predicted molar refractivity (Wildman–Crippen MR) is 136 cm³/mol. The van der Waals surface area contributed by atoms with Crippen molar-refractivity contribution in [2.75, 3.05) is 18.6 Å². The molecule has 3 N–H and O–H groups in total. The van der Waals surface area contributed by atoms with Crippen LogP contribution in [-0.4, -0.2) is 44.1 Å². The van der Waals surface area contributed by atoms with E-state index in [0.717, 1.165) is 34.1 Å². The average molecular weight is 488 g/mol. The number of nitrogens with zero attached hydrogens (tertiary/aromatic N) is 1. The lowest BCUT2D eigenvalue weighted by molar-refractivity contribution is 0.127. The monoisotopic (exact) mass is 487 g/mol. The van der Waals surface area contributed by atoms with Crippen LogP contribution in [-0.2, 0) is 21.0 Å². The Morgan fingerprint density at radius 3 is 2.82 bits per heavy atom. The molecule has 0 saturated carbocycles. The van der Waals surface area contributed by atoms with E-state index in [-0.39, 0.29) is 29.9 Å². The van der Waals surface area contributed by atoms with Gasteiger partial charge in [-0.2, -0.15) is 0 Å². The summed E-state index contributed by atoms with van der Waals surface area (Å²) in [6.45, 7) is 6.62. The predicted octanol–water partition coefficient (Wildman–Crippen LogP) is 4.10. The molecular weight excluding hydrogens is 454 g/mol. The Bertz CT molecular complexity index is 1180. The van der Waals surface area contributed by atoms with Gasteiger partial charge < -0.3 is 15.8 Å². The van der Waals surface area contributed by atoms with E-state index < -0.39 is 9.84 Å². The number of benzene rings is 1. The highest BCUT2D eigenvalue weighted by Gasteiger charge is 2.29. The molecule has 33 heavy (non-hydrogen) atoms. The van der Waals surface area contributed by atoms with Crippen LogP contribution in [0, 0.1) is 5.92 Å². The van der Waals surface area contributed by atoms with Crippen LogP contribution < -0.4 is 11.1 Å². The van der Waals surface area contributed by atoms with Crippen LogP contribution in [0.5, 0.6) is 0 Å². The maximum absolute atomic E-state index is 11.5. The van der Waals surface area contributed by atoms with Gasteiger partial charge in [-0.1, -0.05) is 31.2 Å². The van der Waals surface area contributed by atoms with Gasteiger partial charge in [-0.3, -0.25) is 0 Å². The first kappa shape index (κ1) is 24.1. The van der Waals surface area contributed by atoms with Crippen LogP contribution in [0.4, 0.5) is 0 Å². The summed E-state index contributed by atoms with van der Waals surface area (Å²) in [5, 5.41) is 4.42. The van der Waals surface area contributed by atoms with Crippen LogP contribution in [0.2, 0.25) is 0 Å². The fraction of sp³-hybridized carbons (Fsp3) is 0.480. The Morgan fingerprint density at radius 2 is 2.09 bits per heavy atom. The molecule has 3 atom stereocenters. The summed E-state index contributed by atoms with van der Waals surface area (Å²) in [7, 11) is -2.97. The largest absolute Gasteiger partial charge is 0.494 e. The fourth-order valence-electron chi connectivity index (χ4n) is 4.58. The molecule has 2 unspecified atom stereocenters. The summed E-state index contributed by atoms with van der Waals surface area (Å²) in [5.41, 5.74) is 11.4. The highest BCUT2D eigenvalue weighted by molar-refractivity contribution is 7.90. The standard InChI is InChI=1S/C25H33N3O3S2/c1-15(2)31-22-11-9-17(16(3)24(22)26)25-28-14-23(32-25)20-7-5-6-19-18(20)8-10-21(19)27-12-13-33(4,29)30/h5-7,9,11,14-16,21,24,27H,8,10,12-13,26H2,1-4H3/t16?,21-,24?/m0/s1. The maximum Gasteiger partial charge on any atom is 0.148 e. The number of aromatic nitrogens is 1. The van der Waals surface area contributed by atoms with Crippen LogP contribution >= 0.6 is 11.3 Å². The summed E-state index contributed by atoms with van der Waals surface area (Å²) in [6.07, 6.45) is 9.35. The van der Waals surface area contributed by atoms with Crippen LogP contribution in [0.3, 0.4) is 0 Å². The lowest BCUT2D eigenvalue weighted by Crippen LogP contribution is -2.34. The van der Waals surface area contributed by atoms with E-state index in [0.29, 0.717) is 6.54 Å². The number of sulfone groups is 1. The first-order valence-electron chi connectivity index (χ1n) is 11.5. The van der Waals surface area contributed by atoms with Crippen LogP contribution in [0.15, 0.2) is 42.3 Å². The number of rotatable bonds is 8. The molecule has 0 saturated heterocycles. The van der Waals surface area contributed by atoms with Crippen LogP contribution in [0.1, 0.15) is 49.4 Å². The first-order chi connectivity index (χ1) is 15.6. The zero-order valence-electron chi connectivity index (χ0n) is 19.7. The molecule has 1 aromatic heterocycles. The Labute approximate surface area is 200 Å². The topological polar surface area (TPSA) is 94.3 Å². The second kappa shape index (κ2) is 9.70. The van der Waals surface area contributed by atoms with Crippen molar-refractivity contribution in [3.05, 3.63) is 58.4 Å². The van der Waals surface area contributed by atoms with E-state index in [1.54, 1.807) is 11.3 Å². The molecule has 0 bridgehead atoms. The molecule has 0 amide bonds. The van der Waals surface area contributed by atoms with Gasteiger partial charge in [0, 0.05) is 31.0 Å². The highest BCUT2D eigenvalue weighted by Crippen LogP contribution is 2.42. The third-order valence-electron chi connectivity index (χ3n) is 6.31. The summed E-state index contributed by atoms with van der Waals surface area (Å²) in [5.74, 6) is 1.10. The van der Waals surface area contributed by atoms with E-state index in [1.807, 2.05) is 26.1 Å². The highest BCUT2D eigenvalue weighted by atomic mass is 32.2. The van der Waals surface area contributed by atoms with Crippen molar-refractivity contribution in [3.8, 4) is 10.4 Å². The van der Waals surface area contributed by atoms with Crippen molar-refractivity contribution in [1.82, 2.24) is 10.3 Å². The number of hydrogen-bond acceptors (Lipinski definition) is 7. The molecule has 0 aliphatic heterocycles.